The van der Waals surface area contributed by atoms with Gasteiger partial charge in [-0.2, -0.15) is 0 Å². The lowest BCUT2D eigenvalue weighted by molar-refractivity contribution is -0.385. The van der Waals surface area contributed by atoms with Crippen LogP contribution in [-0.2, 0) is 6.61 Å². The van der Waals surface area contributed by atoms with Crippen molar-refractivity contribution < 1.29 is 14.8 Å². The van der Waals surface area contributed by atoms with Crippen molar-refractivity contribution in [2.24, 2.45) is 0 Å². The van der Waals surface area contributed by atoms with Crippen molar-refractivity contribution in [3.8, 4) is 5.75 Å². The Labute approximate surface area is 128 Å². The van der Waals surface area contributed by atoms with Gasteiger partial charge in [0.05, 0.1) is 15.9 Å². The summed E-state index contributed by atoms with van der Waals surface area (Å²) >= 11 is 4.96. The van der Waals surface area contributed by atoms with Crippen molar-refractivity contribution >= 4 is 33.0 Å². The Bertz CT molecular complexity index is 627. The minimum Gasteiger partial charge on any atom is -0.488 e. The first-order valence-corrected chi connectivity index (χ1v) is 7.47. The molecular weight excluding hydrogens is 346 g/mol. The molecule has 0 saturated carbocycles. The fourth-order valence-corrected chi connectivity index (χ4v) is 3.06. The van der Waals surface area contributed by atoms with Crippen LogP contribution in [-0.4, -0.2) is 10.0 Å². The first kappa shape index (κ1) is 15.0. The Morgan fingerprint density at radius 3 is 2.80 bits per heavy atom. The van der Waals surface area contributed by atoms with Crippen LogP contribution in [0.4, 0.5) is 5.69 Å². The standard InChI is InChI=1S/C13H12BrNO4S/c1-8(16)10-6-9(15(17)18)2-3-12(10)19-7-13-11(14)4-5-20-13/h2-6,8,16H,7H2,1H3/t8-/m0/s1. The third-order valence-electron chi connectivity index (χ3n) is 2.70. The highest BCUT2D eigenvalue weighted by Crippen LogP contribution is 2.31. The number of benzene rings is 1. The van der Waals surface area contributed by atoms with Crippen LogP contribution in [0.25, 0.3) is 0 Å². The van der Waals surface area contributed by atoms with Gasteiger partial charge in [0.15, 0.2) is 0 Å². The molecule has 2 rings (SSSR count). The summed E-state index contributed by atoms with van der Waals surface area (Å²) in [5.74, 6) is 0.450. The molecule has 1 atom stereocenters. The summed E-state index contributed by atoms with van der Waals surface area (Å²) in [7, 11) is 0. The molecule has 20 heavy (non-hydrogen) atoms. The number of aliphatic hydroxyl groups excluding tert-OH is 1. The zero-order valence-electron chi connectivity index (χ0n) is 10.6. The molecule has 5 nitrogen and oxygen atoms in total. The van der Waals surface area contributed by atoms with E-state index >= 15 is 0 Å². The minimum atomic E-state index is -0.836. The van der Waals surface area contributed by atoms with Crippen LogP contribution in [0, 0.1) is 10.1 Å². The van der Waals surface area contributed by atoms with Crippen LogP contribution in [0.15, 0.2) is 34.1 Å². The average Bonchev–Trinajstić information content (AvgIpc) is 2.81. The molecule has 1 N–H and O–H groups in total. The largest absolute Gasteiger partial charge is 0.488 e. The Morgan fingerprint density at radius 1 is 1.50 bits per heavy atom. The Balaban J connectivity index is 2.22. The van der Waals surface area contributed by atoms with E-state index in [9.17, 15) is 15.2 Å². The molecule has 1 aromatic heterocycles. The van der Waals surface area contributed by atoms with E-state index in [2.05, 4.69) is 15.9 Å². The molecule has 7 heteroatoms. The number of nitrogens with zero attached hydrogens (tertiary/aromatic N) is 1. The number of aliphatic hydroxyl groups is 1. The molecule has 1 heterocycles. The summed E-state index contributed by atoms with van der Waals surface area (Å²) in [6, 6.07) is 6.14. The molecule has 0 fully saturated rings. The minimum absolute atomic E-state index is 0.0643. The number of rotatable bonds is 5. The Morgan fingerprint density at radius 2 is 2.25 bits per heavy atom. The maximum absolute atomic E-state index is 10.8. The number of hydrogen-bond acceptors (Lipinski definition) is 5. The van der Waals surface area contributed by atoms with Crippen molar-refractivity contribution in [1.82, 2.24) is 0 Å². The first-order valence-electron chi connectivity index (χ1n) is 5.80. The molecule has 0 spiro atoms. The zero-order chi connectivity index (χ0) is 14.7. The second-order valence-corrected chi connectivity index (χ2v) is 5.99. The lowest BCUT2D eigenvalue weighted by Gasteiger charge is -2.13. The molecular formula is C13H12BrNO4S. The second kappa shape index (κ2) is 6.34. The fourth-order valence-electron chi connectivity index (χ4n) is 1.68. The summed E-state index contributed by atoms with van der Waals surface area (Å²) < 4.78 is 6.62. The quantitative estimate of drug-likeness (QED) is 0.646. The summed E-state index contributed by atoms with van der Waals surface area (Å²) in [5.41, 5.74) is 0.345. The third kappa shape index (κ3) is 3.36. The van der Waals surface area contributed by atoms with Gasteiger partial charge >= 0.3 is 0 Å². The lowest BCUT2D eigenvalue weighted by atomic mass is 10.1. The molecule has 0 unspecified atom stereocenters. The van der Waals surface area contributed by atoms with E-state index in [1.165, 1.54) is 18.2 Å². The predicted octanol–water partition coefficient (Wildman–Crippen LogP) is 4.05. The van der Waals surface area contributed by atoms with E-state index in [4.69, 9.17) is 4.74 Å². The van der Waals surface area contributed by atoms with Gasteiger partial charge in [-0.3, -0.25) is 10.1 Å². The Kier molecular flexibility index (Phi) is 4.74. The second-order valence-electron chi connectivity index (χ2n) is 4.14. The molecule has 0 radical (unpaired) electrons. The molecule has 0 aliphatic carbocycles. The number of hydrogen-bond donors (Lipinski definition) is 1. The lowest BCUT2D eigenvalue weighted by Crippen LogP contribution is -2.01. The van der Waals surface area contributed by atoms with Gasteiger partial charge in [0.2, 0.25) is 0 Å². The summed E-state index contributed by atoms with van der Waals surface area (Å²) in [6.45, 7) is 1.89. The SMILES string of the molecule is C[C@H](O)c1cc([N+](=O)[O-])ccc1OCc1sccc1Br. The molecule has 0 amide bonds. The van der Waals surface area contributed by atoms with Gasteiger partial charge in [-0.15, -0.1) is 11.3 Å². The highest BCUT2D eigenvalue weighted by molar-refractivity contribution is 9.10. The Hall–Kier alpha value is -1.44. The number of ether oxygens (including phenoxy) is 1. The highest BCUT2D eigenvalue weighted by atomic mass is 79.9. The molecule has 0 bridgehead atoms. The van der Waals surface area contributed by atoms with Gasteiger partial charge in [-0.25, -0.2) is 0 Å². The van der Waals surface area contributed by atoms with E-state index < -0.39 is 11.0 Å². The average molecular weight is 358 g/mol. The molecule has 2 aromatic rings. The van der Waals surface area contributed by atoms with Crippen molar-refractivity contribution in [2.45, 2.75) is 19.6 Å². The molecule has 106 valence electrons. The fraction of sp³-hybridized carbons (Fsp3) is 0.231. The molecule has 0 aliphatic heterocycles. The highest BCUT2D eigenvalue weighted by Gasteiger charge is 2.16. The first-order chi connectivity index (χ1) is 9.49. The van der Waals surface area contributed by atoms with Crippen LogP contribution < -0.4 is 4.74 Å². The monoisotopic (exact) mass is 357 g/mol. The van der Waals surface area contributed by atoms with Crippen molar-refractivity contribution in [3.05, 3.63) is 54.7 Å². The summed E-state index contributed by atoms with van der Waals surface area (Å²) in [4.78, 5) is 11.3. The molecule has 0 saturated heterocycles. The van der Waals surface area contributed by atoms with Gasteiger partial charge in [0.1, 0.15) is 12.4 Å². The van der Waals surface area contributed by atoms with Crippen LogP contribution >= 0.6 is 27.3 Å². The van der Waals surface area contributed by atoms with E-state index in [1.807, 2.05) is 11.4 Å². The van der Waals surface area contributed by atoms with E-state index in [1.54, 1.807) is 18.3 Å². The smallest absolute Gasteiger partial charge is 0.270 e. The van der Waals surface area contributed by atoms with Gasteiger partial charge in [-0.05, 0) is 40.4 Å². The van der Waals surface area contributed by atoms with E-state index in [0.29, 0.717) is 17.9 Å². The number of halogens is 1. The van der Waals surface area contributed by atoms with Gasteiger partial charge in [-0.1, -0.05) is 0 Å². The van der Waals surface area contributed by atoms with Crippen LogP contribution in [0.1, 0.15) is 23.5 Å². The normalized spacial score (nSPS) is 12.2. The van der Waals surface area contributed by atoms with Crippen LogP contribution in [0.5, 0.6) is 5.75 Å². The summed E-state index contributed by atoms with van der Waals surface area (Å²) in [5, 5.41) is 22.4. The number of non-ortho nitro benzene ring substituents is 1. The van der Waals surface area contributed by atoms with Gasteiger partial charge in [0.25, 0.3) is 5.69 Å². The van der Waals surface area contributed by atoms with Crippen LogP contribution in [0.3, 0.4) is 0 Å². The zero-order valence-corrected chi connectivity index (χ0v) is 13.0. The summed E-state index contributed by atoms with van der Waals surface area (Å²) in [6.07, 6.45) is -0.836. The maximum atomic E-state index is 10.8. The predicted molar refractivity (Wildman–Crippen MR) is 80.1 cm³/mol. The van der Waals surface area contributed by atoms with Crippen LogP contribution in [0.2, 0.25) is 0 Å². The topological polar surface area (TPSA) is 72.6 Å². The third-order valence-corrected chi connectivity index (χ3v) is 4.60. The number of nitro benzene ring substituents is 1. The van der Waals surface area contributed by atoms with Crippen molar-refractivity contribution in [2.75, 3.05) is 0 Å². The maximum Gasteiger partial charge on any atom is 0.270 e. The molecule has 0 aliphatic rings. The van der Waals surface area contributed by atoms with Gasteiger partial charge < -0.3 is 9.84 Å². The van der Waals surface area contributed by atoms with Crippen molar-refractivity contribution in [3.63, 3.8) is 0 Å². The number of nitro groups is 1. The van der Waals surface area contributed by atoms with E-state index in [0.717, 1.165) is 9.35 Å². The number of thiophene rings is 1. The van der Waals surface area contributed by atoms with Crippen molar-refractivity contribution in [1.29, 1.82) is 0 Å². The van der Waals surface area contributed by atoms with E-state index in [-0.39, 0.29) is 5.69 Å². The van der Waals surface area contributed by atoms with Gasteiger partial charge in [0, 0.05) is 22.2 Å². The molecule has 1 aromatic carbocycles.